The number of benzene rings is 3. The molecule has 0 aliphatic rings. The van der Waals surface area contributed by atoms with E-state index in [9.17, 15) is 0 Å². The molecule has 4 nitrogen and oxygen atoms in total. The summed E-state index contributed by atoms with van der Waals surface area (Å²) >= 11 is 0. The molecule has 5 aromatic rings. The van der Waals surface area contributed by atoms with Gasteiger partial charge in [0.25, 0.3) is 5.82 Å². The number of nitrogens with zero attached hydrogens (tertiary/aromatic N) is 4. The van der Waals surface area contributed by atoms with Gasteiger partial charge in [0, 0.05) is 20.0 Å². The van der Waals surface area contributed by atoms with Crippen molar-refractivity contribution < 1.29 is 12.8 Å². The molecule has 5 rings (SSSR count). The molecule has 0 aliphatic carbocycles. The number of hydrogen-bond donors (Lipinski definition) is 0. The second-order valence-electron chi connectivity index (χ2n) is 7.54. The van der Waals surface area contributed by atoms with Gasteiger partial charge in [-0.3, -0.25) is 0 Å². The van der Waals surface area contributed by atoms with Crippen molar-refractivity contribution in [1.29, 1.82) is 0 Å². The van der Waals surface area contributed by atoms with Crippen LogP contribution in [0.5, 0.6) is 0 Å². The Morgan fingerprint density at radius 3 is 2.35 bits per heavy atom. The van der Waals surface area contributed by atoms with Crippen LogP contribution in [-0.4, -0.2) is 14.5 Å². The second kappa shape index (κ2) is 7.47. The third kappa shape index (κ3) is 3.12. The summed E-state index contributed by atoms with van der Waals surface area (Å²) in [6, 6.07) is 20.0. The van der Waals surface area contributed by atoms with Crippen LogP contribution >= 0.6 is 0 Å². The molecule has 31 heavy (non-hydrogen) atoms. The van der Waals surface area contributed by atoms with Crippen molar-refractivity contribution in [2.24, 2.45) is 7.05 Å². The fourth-order valence-electron chi connectivity index (χ4n) is 4.15. The summed E-state index contributed by atoms with van der Waals surface area (Å²) in [4.78, 5) is 8.17. The Bertz CT molecular complexity index is 1580. The molecule has 152 valence electrons. The smallest absolute Gasteiger partial charge is 0.245 e. The highest BCUT2D eigenvalue weighted by Gasteiger charge is 2.28. The molecule has 0 N–H and O–H groups in total. The fourth-order valence-corrected chi connectivity index (χ4v) is 4.15. The van der Waals surface area contributed by atoms with Gasteiger partial charge in [-0.05, 0) is 73.7 Å². The number of fused-ring (bicyclic) bond motifs is 1. The summed E-state index contributed by atoms with van der Waals surface area (Å²) < 4.78 is 54.5. The van der Waals surface area contributed by atoms with Crippen LogP contribution in [0.25, 0.3) is 39.4 Å². The molecule has 2 heterocycles. The maximum atomic E-state index is 8.45. The van der Waals surface area contributed by atoms with Crippen LogP contribution in [0.2, 0.25) is 0 Å². The first-order chi connectivity index (χ1) is 17.5. The van der Waals surface area contributed by atoms with Crippen molar-refractivity contribution in [3.63, 3.8) is 0 Å². The normalized spacial score (nSPS) is 14.9. The van der Waals surface area contributed by atoms with Gasteiger partial charge in [0.2, 0.25) is 0 Å². The average molecular weight is 412 g/mol. The van der Waals surface area contributed by atoms with Crippen LogP contribution in [0, 0.1) is 20.6 Å². The fraction of sp³-hybridized carbons (Fsp3) is 0.148. The van der Waals surface area contributed by atoms with E-state index in [1.807, 2.05) is 67.1 Å². The number of aryl methyl sites for hydroxylation is 4. The minimum atomic E-state index is -2.61. The summed E-state index contributed by atoms with van der Waals surface area (Å²) in [5.74, 6) is 0.685. The molecule has 3 aromatic carbocycles. The van der Waals surface area contributed by atoms with Crippen LogP contribution in [0.15, 0.2) is 79.3 Å². The molecule has 2 aromatic heterocycles. The number of imidazole rings is 1. The molecule has 0 radical (unpaired) electrons. The lowest BCUT2D eigenvalue weighted by Gasteiger charge is -2.13. The standard InChI is InChI=1S/C27H25N4/c1-18-9-5-6-10-22(18)27-30(4)24-11-7-8-12-25(24)31(27)26-19(2)15-21(16-20(26)3)23-13-14-28-17-29-23/h5-17H,1-4H3/q+1/i2D3,3D3. The van der Waals surface area contributed by atoms with E-state index < -0.39 is 13.7 Å². The molecule has 0 saturated heterocycles. The van der Waals surface area contributed by atoms with Crippen LogP contribution in [0.4, 0.5) is 0 Å². The maximum absolute atomic E-state index is 8.45. The highest BCUT2D eigenvalue weighted by Crippen LogP contribution is 2.33. The van der Waals surface area contributed by atoms with E-state index in [0.717, 1.165) is 16.6 Å². The van der Waals surface area contributed by atoms with E-state index in [2.05, 4.69) is 9.97 Å². The lowest BCUT2D eigenvalue weighted by molar-refractivity contribution is -0.633. The van der Waals surface area contributed by atoms with Gasteiger partial charge < -0.3 is 0 Å². The lowest BCUT2D eigenvalue weighted by Crippen LogP contribution is -2.30. The first kappa shape index (κ1) is 13.5. The van der Waals surface area contributed by atoms with Crippen LogP contribution in [-0.2, 0) is 7.05 Å². The van der Waals surface area contributed by atoms with E-state index >= 15 is 0 Å². The van der Waals surface area contributed by atoms with E-state index in [4.69, 9.17) is 8.22 Å². The maximum Gasteiger partial charge on any atom is 0.295 e. The van der Waals surface area contributed by atoms with Gasteiger partial charge >= 0.3 is 0 Å². The third-order valence-electron chi connectivity index (χ3n) is 5.61. The van der Waals surface area contributed by atoms with Gasteiger partial charge in [-0.2, -0.15) is 4.57 Å². The molecule has 0 amide bonds. The Kier molecular flexibility index (Phi) is 3.25. The topological polar surface area (TPSA) is 34.6 Å². The second-order valence-corrected chi connectivity index (χ2v) is 7.54. The quantitative estimate of drug-likeness (QED) is 0.367. The average Bonchev–Trinajstić information content (AvgIpc) is 3.15. The third-order valence-corrected chi connectivity index (χ3v) is 5.61. The molecule has 0 aliphatic heterocycles. The molecule has 0 unspecified atom stereocenters. The Hall–Kier alpha value is -3.79. The molecule has 0 atom stereocenters. The van der Waals surface area contributed by atoms with Crippen molar-refractivity contribution in [2.75, 3.05) is 0 Å². The van der Waals surface area contributed by atoms with Gasteiger partial charge in [0.05, 0.1) is 18.3 Å². The van der Waals surface area contributed by atoms with Gasteiger partial charge in [0.15, 0.2) is 11.0 Å². The van der Waals surface area contributed by atoms with Crippen molar-refractivity contribution in [1.82, 2.24) is 14.5 Å². The molecule has 0 spiro atoms. The first-order valence-corrected chi connectivity index (χ1v) is 9.99. The zero-order valence-electron chi connectivity index (χ0n) is 23.3. The Labute approximate surface area is 190 Å². The number of aromatic nitrogens is 4. The summed E-state index contributed by atoms with van der Waals surface area (Å²) in [6.07, 6.45) is 2.89. The Morgan fingerprint density at radius 1 is 0.903 bits per heavy atom. The van der Waals surface area contributed by atoms with Gasteiger partial charge in [-0.15, -0.1) is 0 Å². The number of hydrogen-bond acceptors (Lipinski definition) is 2. The predicted octanol–water partition coefficient (Wildman–Crippen LogP) is 5.50. The monoisotopic (exact) mass is 411 g/mol. The predicted molar refractivity (Wildman–Crippen MR) is 125 cm³/mol. The molecule has 4 heteroatoms. The van der Waals surface area contributed by atoms with Gasteiger partial charge in [-0.25, -0.2) is 14.5 Å². The summed E-state index contributed by atoms with van der Waals surface area (Å²) in [7, 11) is 1.90. The van der Waals surface area contributed by atoms with E-state index in [0.29, 0.717) is 22.6 Å². The Balaban J connectivity index is 2.00. The number of para-hydroxylation sites is 2. The van der Waals surface area contributed by atoms with Crippen molar-refractivity contribution in [2.45, 2.75) is 20.6 Å². The van der Waals surface area contributed by atoms with E-state index in [1.165, 1.54) is 24.7 Å². The molecule has 0 fully saturated rings. The van der Waals surface area contributed by atoms with Gasteiger partial charge in [0.1, 0.15) is 12.0 Å². The Morgan fingerprint density at radius 2 is 1.65 bits per heavy atom. The van der Waals surface area contributed by atoms with Crippen LogP contribution in [0.3, 0.4) is 0 Å². The SMILES string of the molecule is [2H]C([2H])([2H])c1cc(-c2ccncn2)cc(C([2H])([2H])[2H])c1-n1c(-c2ccccc2C)[n+](C)c2ccccc21. The van der Waals surface area contributed by atoms with Crippen LogP contribution in [0.1, 0.15) is 24.9 Å². The minimum absolute atomic E-state index is 0.0640. The van der Waals surface area contributed by atoms with Crippen molar-refractivity contribution in [3.8, 4) is 28.3 Å². The van der Waals surface area contributed by atoms with Gasteiger partial charge in [-0.1, -0.05) is 30.3 Å². The van der Waals surface area contributed by atoms with Crippen LogP contribution < -0.4 is 4.57 Å². The zero-order valence-corrected chi connectivity index (χ0v) is 17.3. The lowest BCUT2D eigenvalue weighted by atomic mass is 10.0. The summed E-state index contributed by atoms with van der Waals surface area (Å²) in [6.45, 7) is -3.23. The number of rotatable bonds is 3. The molecule has 0 bridgehead atoms. The first-order valence-electron chi connectivity index (χ1n) is 13.0. The molecular formula is C27H25N4+. The summed E-state index contributed by atoms with van der Waals surface area (Å²) in [5, 5.41) is 0. The van der Waals surface area contributed by atoms with Crippen molar-refractivity contribution >= 4 is 11.0 Å². The largest absolute Gasteiger partial charge is 0.295 e. The molecule has 0 saturated carbocycles. The molecular weight excluding hydrogens is 380 g/mol. The van der Waals surface area contributed by atoms with Crippen molar-refractivity contribution in [3.05, 3.63) is 95.9 Å². The highest BCUT2D eigenvalue weighted by molar-refractivity contribution is 5.81. The summed E-state index contributed by atoms with van der Waals surface area (Å²) in [5.41, 5.74) is 4.24. The van der Waals surface area contributed by atoms with E-state index in [-0.39, 0.29) is 16.8 Å². The zero-order chi connectivity index (χ0) is 26.5. The minimum Gasteiger partial charge on any atom is -0.245 e. The highest BCUT2D eigenvalue weighted by atomic mass is 15.2. The van der Waals surface area contributed by atoms with E-state index in [1.54, 1.807) is 10.6 Å².